The number of thioether (sulfide) groups is 1. The lowest BCUT2D eigenvalue weighted by Crippen LogP contribution is -2.44. The summed E-state index contributed by atoms with van der Waals surface area (Å²) in [7, 11) is 0. The molecule has 1 aromatic carbocycles. The number of fused-ring (bicyclic) bond motifs is 3. The predicted molar refractivity (Wildman–Crippen MR) is 128 cm³/mol. The zero-order valence-electron chi connectivity index (χ0n) is 18.1. The number of rotatable bonds is 3. The van der Waals surface area contributed by atoms with E-state index in [9.17, 15) is 9.50 Å². The van der Waals surface area contributed by atoms with Gasteiger partial charge in [0.25, 0.3) is 0 Å². The highest BCUT2D eigenvalue weighted by Crippen LogP contribution is 2.54. The van der Waals surface area contributed by atoms with Gasteiger partial charge in [-0.2, -0.15) is 5.10 Å². The molecule has 0 bridgehead atoms. The van der Waals surface area contributed by atoms with Gasteiger partial charge in [0.05, 0.1) is 23.7 Å². The summed E-state index contributed by atoms with van der Waals surface area (Å²) in [4.78, 5) is 0. The van der Waals surface area contributed by atoms with E-state index in [1.807, 2.05) is 22.6 Å². The summed E-state index contributed by atoms with van der Waals surface area (Å²) >= 11 is 1.83. The maximum absolute atomic E-state index is 13.4. The molecule has 1 fully saturated rings. The van der Waals surface area contributed by atoms with E-state index in [4.69, 9.17) is 0 Å². The molecule has 3 nitrogen and oxygen atoms in total. The number of aromatic nitrogens is 2. The number of hydrogen-bond donors (Lipinski definition) is 1. The second-order valence-corrected chi connectivity index (χ2v) is 10.7. The third-order valence-electron chi connectivity index (χ3n) is 7.89. The Kier molecular flexibility index (Phi) is 4.81. The third-order valence-corrected chi connectivity index (χ3v) is 9.07. The molecule has 5 heteroatoms. The number of hydrogen-bond acceptors (Lipinski definition) is 3. The van der Waals surface area contributed by atoms with Crippen LogP contribution in [0.1, 0.15) is 37.4 Å². The van der Waals surface area contributed by atoms with E-state index in [1.54, 1.807) is 12.1 Å². The molecular weight excluding hydrogens is 419 g/mol. The van der Waals surface area contributed by atoms with Crippen LogP contribution in [0.4, 0.5) is 4.39 Å². The molecule has 0 spiro atoms. The van der Waals surface area contributed by atoms with Crippen molar-refractivity contribution in [2.24, 2.45) is 17.3 Å². The first-order valence-corrected chi connectivity index (χ1v) is 12.4. The van der Waals surface area contributed by atoms with Gasteiger partial charge in [-0.3, -0.25) is 0 Å². The van der Waals surface area contributed by atoms with Crippen molar-refractivity contribution >= 4 is 17.8 Å². The van der Waals surface area contributed by atoms with Crippen LogP contribution in [0.15, 0.2) is 71.3 Å². The lowest BCUT2D eigenvalue weighted by Gasteiger charge is -2.48. The zero-order valence-corrected chi connectivity index (χ0v) is 18.9. The molecule has 1 saturated carbocycles. The van der Waals surface area contributed by atoms with Crippen molar-refractivity contribution in [1.29, 1.82) is 0 Å². The maximum Gasteiger partial charge on any atom is 0.123 e. The fourth-order valence-electron chi connectivity index (χ4n) is 6.13. The molecule has 1 aromatic heterocycles. The molecule has 3 aliphatic carbocycles. The van der Waals surface area contributed by atoms with Crippen molar-refractivity contribution in [3.8, 4) is 5.69 Å². The van der Waals surface area contributed by atoms with Crippen LogP contribution < -0.4 is 0 Å². The highest BCUT2D eigenvalue weighted by atomic mass is 32.2. The van der Waals surface area contributed by atoms with E-state index in [0.717, 1.165) is 37.1 Å². The Labute approximate surface area is 192 Å². The summed E-state index contributed by atoms with van der Waals surface area (Å²) < 4.78 is 15.3. The van der Waals surface area contributed by atoms with Crippen molar-refractivity contribution < 1.29 is 9.50 Å². The van der Waals surface area contributed by atoms with Gasteiger partial charge in [-0.15, -0.1) is 11.8 Å². The molecular formula is C27H27FN2OS. The minimum atomic E-state index is -0.434. The van der Waals surface area contributed by atoms with Crippen LogP contribution in [0.3, 0.4) is 0 Å². The fourth-order valence-corrected chi connectivity index (χ4v) is 7.34. The fraction of sp³-hybridized carbons (Fsp3) is 0.370. The Morgan fingerprint density at radius 1 is 1.22 bits per heavy atom. The van der Waals surface area contributed by atoms with Crippen molar-refractivity contribution in [2.75, 3.05) is 0 Å². The highest BCUT2D eigenvalue weighted by molar-refractivity contribution is 8.03. The van der Waals surface area contributed by atoms with Crippen LogP contribution in [-0.2, 0) is 6.42 Å². The molecule has 5 unspecified atom stereocenters. The summed E-state index contributed by atoms with van der Waals surface area (Å²) in [5, 5.41) is 18.9. The van der Waals surface area contributed by atoms with E-state index >= 15 is 0 Å². The minimum Gasteiger partial charge on any atom is -0.388 e. The first-order valence-electron chi connectivity index (χ1n) is 11.5. The average molecular weight is 447 g/mol. The van der Waals surface area contributed by atoms with Gasteiger partial charge in [-0.25, -0.2) is 9.07 Å². The Bertz CT molecular complexity index is 1170. The summed E-state index contributed by atoms with van der Waals surface area (Å²) in [6.45, 7) is 2.33. The lowest BCUT2D eigenvalue weighted by molar-refractivity contribution is 0.0420. The molecule has 0 amide bonds. The number of halogens is 1. The first kappa shape index (κ1) is 20.3. The molecule has 0 radical (unpaired) electrons. The van der Waals surface area contributed by atoms with E-state index in [1.165, 1.54) is 28.8 Å². The van der Waals surface area contributed by atoms with Crippen LogP contribution in [0, 0.1) is 23.1 Å². The number of aliphatic hydroxyl groups is 1. The topological polar surface area (TPSA) is 38.0 Å². The van der Waals surface area contributed by atoms with Crippen LogP contribution >= 0.6 is 11.8 Å². The Morgan fingerprint density at radius 2 is 2.03 bits per heavy atom. The largest absolute Gasteiger partial charge is 0.388 e. The van der Waals surface area contributed by atoms with Gasteiger partial charge in [0.2, 0.25) is 0 Å². The minimum absolute atomic E-state index is 0.0842. The SMILES string of the molecule is CC12Cc3cnn(-c4ccc(F)cc4)c3C=C1CCCC2C(O)C1=CSC2C=CC=CC12. The van der Waals surface area contributed by atoms with Gasteiger partial charge in [0.1, 0.15) is 5.82 Å². The van der Waals surface area contributed by atoms with Crippen LogP contribution in [0.5, 0.6) is 0 Å². The van der Waals surface area contributed by atoms with E-state index in [-0.39, 0.29) is 17.2 Å². The first-order chi connectivity index (χ1) is 15.5. The van der Waals surface area contributed by atoms with Gasteiger partial charge in [0, 0.05) is 11.2 Å². The van der Waals surface area contributed by atoms with Crippen molar-refractivity contribution in [1.82, 2.24) is 9.78 Å². The van der Waals surface area contributed by atoms with Gasteiger partial charge in [-0.1, -0.05) is 36.8 Å². The number of nitrogens with zero attached hydrogens (tertiary/aromatic N) is 2. The Balaban J connectivity index is 1.33. The van der Waals surface area contributed by atoms with E-state index in [0.29, 0.717) is 11.2 Å². The second-order valence-electron chi connectivity index (χ2n) is 9.66. The molecule has 2 heterocycles. The number of benzene rings is 1. The van der Waals surface area contributed by atoms with E-state index in [2.05, 4.69) is 47.8 Å². The molecule has 1 aliphatic heterocycles. The van der Waals surface area contributed by atoms with Gasteiger partial charge in [0.15, 0.2) is 0 Å². The zero-order chi connectivity index (χ0) is 21.9. The smallest absolute Gasteiger partial charge is 0.123 e. The predicted octanol–water partition coefficient (Wildman–Crippen LogP) is 5.86. The van der Waals surface area contributed by atoms with Crippen molar-refractivity contribution in [3.05, 3.63) is 88.4 Å². The van der Waals surface area contributed by atoms with Gasteiger partial charge >= 0.3 is 0 Å². The van der Waals surface area contributed by atoms with Crippen LogP contribution in [0.25, 0.3) is 11.8 Å². The molecule has 32 heavy (non-hydrogen) atoms. The molecule has 1 N–H and O–H groups in total. The highest BCUT2D eigenvalue weighted by Gasteiger charge is 2.48. The second kappa shape index (κ2) is 7.60. The number of aliphatic hydroxyl groups excluding tert-OH is 1. The summed E-state index contributed by atoms with van der Waals surface area (Å²) in [5.74, 6) is 0.253. The monoisotopic (exact) mass is 446 g/mol. The molecule has 2 aromatic rings. The van der Waals surface area contributed by atoms with E-state index < -0.39 is 6.10 Å². The summed E-state index contributed by atoms with van der Waals surface area (Å²) in [6, 6.07) is 6.50. The summed E-state index contributed by atoms with van der Waals surface area (Å²) in [6.07, 6.45) is 16.6. The normalized spacial score (nSPS) is 31.4. The summed E-state index contributed by atoms with van der Waals surface area (Å²) in [5.41, 5.74) is 5.67. The van der Waals surface area contributed by atoms with Gasteiger partial charge < -0.3 is 5.11 Å². The Morgan fingerprint density at radius 3 is 2.88 bits per heavy atom. The number of allylic oxidation sites excluding steroid dienone is 4. The van der Waals surface area contributed by atoms with Crippen molar-refractivity contribution in [3.63, 3.8) is 0 Å². The molecule has 0 saturated heterocycles. The molecule has 6 rings (SSSR count). The van der Waals surface area contributed by atoms with Gasteiger partial charge in [-0.05, 0) is 83.9 Å². The molecule has 164 valence electrons. The maximum atomic E-state index is 13.4. The van der Waals surface area contributed by atoms with Crippen LogP contribution in [0.2, 0.25) is 0 Å². The van der Waals surface area contributed by atoms with Crippen molar-refractivity contribution in [2.45, 2.75) is 44.0 Å². The quantitative estimate of drug-likeness (QED) is 0.642. The molecule has 4 aliphatic rings. The average Bonchev–Trinajstić information content (AvgIpc) is 3.41. The van der Waals surface area contributed by atoms with Crippen LogP contribution in [-0.4, -0.2) is 26.2 Å². The standard InChI is InChI=1S/C27H27FN2OS/c1-27-14-17-15-29-30(20-11-9-19(28)10-12-20)24(17)13-18(27)5-4-7-23(27)26(31)22-16-32-25-8-3-2-6-21(22)25/h2-3,6,8-13,15-16,21,23,25-26,31H,4-5,7,14H2,1H3. The lowest BCUT2D eigenvalue weighted by atomic mass is 9.57. The molecule has 5 atom stereocenters. The Hall–Kier alpha value is -2.37. The third kappa shape index (κ3) is 3.09.